The number of benzene rings is 1. The number of fused-ring (bicyclic) bond motifs is 1. The van der Waals surface area contributed by atoms with Gasteiger partial charge in [0.2, 0.25) is 0 Å². The normalized spacial score (nSPS) is 11.2. The minimum Gasteiger partial charge on any atom is -0.491 e. The van der Waals surface area contributed by atoms with Crippen molar-refractivity contribution in [2.24, 2.45) is 5.73 Å². The van der Waals surface area contributed by atoms with E-state index in [2.05, 4.69) is 11.1 Å². The maximum Gasteiger partial charge on any atom is 0.121 e. The molecule has 0 amide bonds. The highest BCUT2D eigenvalue weighted by atomic mass is 16.5. The van der Waals surface area contributed by atoms with Crippen LogP contribution in [0.15, 0.2) is 24.4 Å². The molecule has 0 atom stereocenters. The summed E-state index contributed by atoms with van der Waals surface area (Å²) in [5.41, 5.74) is 7.95. The highest BCUT2D eigenvalue weighted by Crippen LogP contribution is 2.24. The van der Waals surface area contributed by atoms with Gasteiger partial charge in [-0.05, 0) is 44.5 Å². The van der Waals surface area contributed by atoms with Gasteiger partial charge in [0.15, 0.2) is 0 Å². The fourth-order valence-corrected chi connectivity index (χ4v) is 1.87. The summed E-state index contributed by atoms with van der Waals surface area (Å²) in [4.78, 5) is 3.25. The molecule has 0 saturated heterocycles. The molecule has 1 aromatic heterocycles. The Labute approximate surface area is 95.6 Å². The number of hydrogen-bond donors (Lipinski definition) is 2. The first-order valence-electron chi connectivity index (χ1n) is 5.67. The summed E-state index contributed by atoms with van der Waals surface area (Å²) in [5, 5.41) is 1.24. The van der Waals surface area contributed by atoms with Gasteiger partial charge in [0.05, 0.1) is 6.10 Å². The van der Waals surface area contributed by atoms with E-state index in [-0.39, 0.29) is 6.10 Å². The topological polar surface area (TPSA) is 51.0 Å². The Morgan fingerprint density at radius 3 is 2.88 bits per heavy atom. The molecular formula is C13H18N2O. The van der Waals surface area contributed by atoms with Gasteiger partial charge in [-0.25, -0.2) is 0 Å². The van der Waals surface area contributed by atoms with Crippen LogP contribution in [0.3, 0.4) is 0 Å². The van der Waals surface area contributed by atoms with E-state index in [0.717, 1.165) is 17.7 Å². The van der Waals surface area contributed by atoms with Crippen molar-refractivity contribution in [1.82, 2.24) is 4.98 Å². The zero-order chi connectivity index (χ0) is 11.5. The molecule has 1 aromatic carbocycles. The quantitative estimate of drug-likeness (QED) is 0.828. The zero-order valence-corrected chi connectivity index (χ0v) is 9.79. The van der Waals surface area contributed by atoms with Gasteiger partial charge in [0, 0.05) is 23.2 Å². The van der Waals surface area contributed by atoms with E-state index in [9.17, 15) is 0 Å². The summed E-state index contributed by atoms with van der Waals surface area (Å²) in [6.45, 7) is 4.73. The molecule has 0 radical (unpaired) electrons. The van der Waals surface area contributed by atoms with Crippen molar-refractivity contribution in [2.45, 2.75) is 26.4 Å². The lowest BCUT2D eigenvalue weighted by molar-refractivity contribution is 0.242. The van der Waals surface area contributed by atoms with Crippen molar-refractivity contribution in [3.63, 3.8) is 0 Å². The second-order valence-corrected chi connectivity index (χ2v) is 4.23. The monoisotopic (exact) mass is 218 g/mol. The number of aromatic nitrogens is 1. The summed E-state index contributed by atoms with van der Waals surface area (Å²) in [7, 11) is 0. The lowest BCUT2D eigenvalue weighted by atomic mass is 10.1. The highest BCUT2D eigenvalue weighted by Gasteiger charge is 2.05. The predicted molar refractivity (Wildman–Crippen MR) is 66.8 cm³/mol. The molecule has 1 heterocycles. The Kier molecular flexibility index (Phi) is 3.15. The van der Waals surface area contributed by atoms with Crippen molar-refractivity contribution in [3.8, 4) is 5.75 Å². The fraction of sp³-hybridized carbons (Fsp3) is 0.385. The molecule has 0 fully saturated rings. The Balaban J connectivity index is 2.33. The van der Waals surface area contributed by atoms with E-state index in [1.165, 1.54) is 10.9 Å². The minimum atomic E-state index is 0.205. The third-order valence-electron chi connectivity index (χ3n) is 2.52. The van der Waals surface area contributed by atoms with Crippen molar-refractivity contribution in [2.75, 3.05) is 6.54 Å². The first-order chi connectivity index (χ1) is 7.70. The maximum atomic E-state index is 5.65. The largest absolute Gasteiger partial charge is 0.491 e. The van der Waals surface area contributed by atoms with Gasteiger partial charge in [0.1, 0.15) is 5.75 Å². The maximum absolute atomic E-state index is 5.65. The number of H-pyrrole nitrogens is 1. The van der Waals surface area contributed by atoms with Crippen LogP contribution in [-0.2, 0) is 6.42 Å². The van der Waals surface area contributed by atoms with Gasteiger partial charge in [-0.15, -0.1) is 0 Å². The van der Waals surface area contributed by atoms with Crippen molar-refractivity contribution >= 4 is 10.9 Å². The molecule has 0 aliphatic heterocycles. The van der Waals surface area contributed by atoms with Gasteiger partial charge in [0.25, 0.3) is 0 Å². The Morgan fingerprint density at radius 2 is 2.19 bits per heavy atom. The van der Waals surface area contributed by atoms with Crippen LogP contribution in [0, 0.1) is 0 Å². The summed E-state index contributed by atoms with van der Waals surface area (Å²) >= 11 is 0. The molecule has 0 aliphatic rings. The second kappa shape index (κ2) is 4.58. The van der Waals surface area contributed by atoms with E-state index in [0.29, 0.717) is 6.54 Å². The second-order valence-electron chi connectivity index (χ2n) is 4.23. The third-order valence-corrected chi connectivity index (χ3v) is 2.52. The van der Waals surface area contributed by atoms with E-state index in [1.54, 1.807) is 0 Å². The van der Waals surface area contributed by atoms with Gasteiger partial charge in [-0.2, -0.15) is 0 Å². The predicted octanol–water partition coefficient (Wildman–Crippen LogP) is 2.46. The van der Waals surface area contributed by atoms with Crippen LogP contribution in [0.25, 0.3) is 10.9 Å². The van der Waals surface area contributed by atoms with Crippen LogP contribution in [0.1, 0.15) is 19.4 Å². The summed E-state index contributed by atoms with van der Waals surface area (Å²) in [6, 6.07) is 6.14. The average molecular weight is 218 g/mol. The van der Waals surface area contributed by atoms with E-state index < -0.39 is 0 Å². The molecule has 0 aliphatic carbocycles. The number of aromatic amines is 1. The molecule has 0 saturated carbocycles. The number of ether oxygens (including phenoxy) is 1. The van der Waals surface area contributed by atoms with E-state index in [4.69, 9.17) is 10.5 Å². The zero-order valence-electron chi connectivity index (χ0n) is 9.79. The highest BCUT2D eigenvalue weighted by molar-refractivity contribution is 5.84. The molecule has 3 nitrogen and oxygen atoms in total. The molecule has 0 unspecified atom stereocenters. The molecule has 2 aromatic rings. The Bertz CT molecular complexity index is 474. The standard InChI is InChI=1S/C13H18N2O/c1-9(2)16-11-3-4-12-10(5-6-14)8-15-13(12)7-11/h3-4,7-9,15H,5-6,14H2,1-2H3. The molecule has 86 valence electrons. The molecule has 0 spiro atoms. The Morgan fingerprint density at radius 1 is 1.38 bits per heavy atom. The average Bonchev–Trinajstić information content (AvgIpc) is 2.61. The summed E-state index contributed by atoms with van der Waals surface area (Å²) < 4.78 is 5.65. The molecular weight excluding hydrogens is 200 g/mol. The van der Waals surface area contributed by atoms with Gasteiger partial charge in [-0.1, -0.05) is 0 Å². The van der Waals surface area contributed by atoms with Gasteiger partial charge >= 0.3 is 0 Å². The number of nitrogens with two attached hydrogens (primary N) is 1. The molecule has 3 heteroatoms. The van der Waals surface area contributed by atoms with Crippen LogP contribution in [0.5, 0.6) is 5.75 Å². The van der Waals surface area contributed by atoms with Crippen LogP contribution in [-0.4, -0.2) is 17.6 Å². The van der Waals surface area contributed by atoms with Gasteiger partial charge in [-0.3, -0.25) is 0 Å². The SMILES string of the molecule is CC(C)Oc1ccc2c(CCN)c[nH]c2c1. The van der Waals surface area contributed by atoms with Crippen LogP contribution >= 0.6 is 0 Å². The van der Waals surface area contributed by atoms with Crippen LogP contribution in [0.4, 0.5) is 0 Å². The third kappa shape index (κ3) is 2.19. The minimum absolute atomic E-state index is 0.205. The fourth-order valence-electron chi connectivity index (χ4n) is 1.87. The van der Waals surface area contributed by atoms with Crippen LogP contribution < -0.4 is 10.5 Å². The lowest BCUT2D eigenvalue weighted by Crippen LogP contribution is -2.05. The van der Waals surface area contributed by atoms with Crippen molar-refractivity contribution in [3.05, 3.63) is 30.0 Å². The van der Waals surface area contributed by atoms with Gasteiger partial charge < -0.3 is 15.5 Å². The van der Waals surface area contributed by atoms with Crippen LogP contribution in [0.2, 0.25) is 0 Å². The van der Waals surface area contributed by atoms with E-state index >= 15 is 0 Å². The molecule has 16 heavy (non-hydrogen) atoms. The molecule has 0 bridgehead atoms. The summed E-state index contributed by atoms with van der Waals surface area (Å²) in [5.74, 6) is 0.906. The molecule has 3 N–H and O–H groups in total. The van der Waals surface area contributed by atoms with Crippen molar-refractivity contribution in [1.29, 1.82) is 0 Å². The first kappa shape index (κ1) is 11.0. The summed E-state index contributed by atoms with van der Waals surface area (Å²) in [6.07, 6.45) is 3.14. The van der Waals surface area contributed by atoms with Crippen molar-refractivity contribution < 1.29 is 4.74 Å². The number of rotatable bonds is 4. The first-order valence-corrected chi connectivity index (χ1v) is 5.67. The number of nitrogens with one attached hydrogen (secondary N) is 1. The lowest BCUT2D eigenvalue weighted by Gasteiger charge is -2.09. The van der Waals surface area contributed by atoms with E-state index in [1.807, 2.05) is 32.2 Å². The molecule has 2 rings (SSSR count). The Hall–Kier alpha value is -1.48. The number of hydrogen-bond acceptors (Lipinski definition) is 2. The smallest absolute Gasteiger partial charge is 0.121 e.